The minimum absolute atomic E-state index is 0.190. The first-order valence-corrected chi connectivity index (χ1v) is 9.43. The van der Waals surface area contributed by atoms with Gasteiger partial charge in [-0.25, -0.2) is 14.6 Å². The van der Waals surface area contributed by atoms with Crippen LogP contribution in [0.25, 0.3) is 5.82 Å². The SMILES string of the molecule is COc1cccc(CC(=O)Nc2cc(-n3cccn3)nc(C3OC=CC=C3C)n2)c1. The third-order valence-electron chi connectivity index (χ3n) is 4.54. The molecule has 0 saturated carbocycles. The highest BCUT2D eigenvalue weighted by atomic mass is 16.5. The van der Waals surface area contributed by atoms with E-state index in [1.54, 1.807) is 42.6 Å². The summed E-state index contributed by atoms with van der Waals surface area (Å²) < 4.78 is 12.5. The lowest BCUT2D eigenvalue weighted by molar-refractivity contribution is -0.115. The minimum Gasteiger partial charge on any atom is -0.497 e. The molecule has 30 heavy (non-hydrogen) atoms. The molecule has 3 heterocycles. The van der Waals surface area contributed by atoms with Crippen molar-refractivity contribution in [3.05, 3.63) is 84.2 Å². The zero-order valence-electron chi connectivity index (χ0n) is 16.6. The molecular weight excluding hydrogens is 382 g/mol. The molecule has 0 saturated heterocycles. The van der Waals surface area contributed by atoms with Gasteiger partial charge in [0.15, 0.2) is 17.7 Å². The first kappa shape index (κ1) is 19.4. The topological polar surface area (TPSA) is 91.2 Å². The Morgan fingerprint density at radius 2 is 2.17 bits per heavy atom. The monoisotopic (exact) mass is 403 g/mol. The standard InChI is InChI=1S/C22H21N5O3/c1-15-6-4-11-30-21(15)22-25-18(14-19(26-22)27-10-5-9-23-27)24-20(28)13-16-7-3-8-17(12-16)29-2/h3-12,14,21H,13H2,1-2H3,(H,24,25,26,28). The number of carbonyl (C=O) groups is 1. The summed E-state index contributed by atoms with van der Waals surface area (Å²) in [5.74, 6) is 1.86. The second kappa shape index (κ2) is 8.60. The number of nitrogens with zero attached hydrogens (tertiary/aromatic N) is 4. The smallest absolute Gasteiger partial charge is 0.229 e. The first-order valence-electron chi connectivity index (χ1n) is 9.43. The summed E-state index contributed by atoms with van der Waals surface area (Å²) in [7, 11) is 1.59. The third kappa shape index (κ3) is 4.38. The van der Waals surface area contributed by atoms with Gasteiger partial charge >= 0.3 is 0 Å². The molecule has 4 rings (SSSR count). The molecule has 1 amide bonds. The van der Waals surface area contributed by atoms with Crippen LogP contribution in [-0.2, 0) is 16.0 Å². The molecule has 0 spiro atoms. The average molecular weight is 403 g/mol. The van der Waals surface area contributed by atoms with Gasteiger partial charge in [0.1, 0.15) is 11.6 Å². The number of nitrogens with one attached hydrogen (secondary N) is 1. The molecule has 3 aromatic rings. The summed E-state index contributed by atoms with van der Waals surface area (Å²) >= 11 is 0. The van der Waals surface area contributed by atoms with E-state index in [-0.39, 0.29) is 12.3 Å². The van der Waals surface area contributed by atoms with E-state index < -0.39 is 6.10 Å². The zero-order chi connectivity index (χ0) is 20.9. The van der Waals surface area contributed by atoms with Gasteiger partial charge in [-0.15, -0.1) is 0 Å². The van der Waals surface area contributed by atoms with E-state index in [9.17, 15) is 4.79 Å². The van der Waals surface area contributed by atoms with Crippen molar-refractivity contribution in [1.82, 2.24) is 19.7 Å². The largest absolute Gasteiger partial charge is 0.497 e. The number of hydrogen-bond acceptors (Lipinski definition) is 6. The van der Waals surface area contributed by atoms with Crippen molar-refractivity contribution in [2.45, 2.75) is 19.4 Å². The van der Waals surface area contributed by atoms with Crippen LogP contribution in [0.5, 0.6) is 5.75 Å². The minimum atomic E-state index is -0.431. The lowest BCUT2D eigenvalue weighted by atomic mass is 10.1. The summed E-state index contributed by atoms with van der Waals surface area (Å²) in [6, 6.07) is 10.9. The van der Waals surface area contributed by atoms with E-state index in [1.807, 2.05) is 43.3 Å². The van der Waals surface area contributed by atoms with Gasteiger partial charge < -0.3 is 14.8 Å². The summed E-state index contributed by atoms with van der Waals surface area (Å²) in [6.45, 7) is 1.94. The fraction of sp³-hybridized carbons (Fsp3) is 0.182. The van der Waals surface area contributed by atoms with Crippen molar-refractivity contribution in [1.29, 1.82) is 0 Å². The van der Waals surface area contributed by atoms with E-state index >= 15 is 0 Å². The maximum Gasteiger partial charge on any atom is 0.229 e. The van der Waals surface area contributed by atoms with Gasteiger partial charge in [-0.2, -0.15) is 5.10 Å². The number of amides is 1. The number of anilines is 1. The number of methoxy groups -OCH3 is 1. The molecule has 8 nitrogen and oxygen atoms in total. The van der Waals surface area contributed by atoms with Crippen molar-refractivity contribution in [2.75, 3.05) is 12.4 Å². The highest BCUT2D eigenvalue weighted by Crippen LogP contribution is 2.27. The Morgan fingerprint density at radius 1 is 1.27 bits per heavy atom. The van der Waals surface area contributed by atoms with Crippen LogP contribution in [0.4, 0.5) is 5.82 Å². The van der Waals surface area contributed by atoms with Crippen molar-refractivity contribution in [3.63, 3.8) is 0 Å². The van der Waals surface area contributed by atoms with E-state index in [0.29, 0.717) is 23.2 Å². The second-order valence-electron chi connectivity index (χ2n) is 6.75. The second-order valence-corrected chi connectivity index (χ2v) is 6.75. The maximum atomic E-state index is 12.6. The van der Waals surface area contributed by atoms with Crippen LogP contribution in [0.3, 0.4) is 0 Å². The predicted molar refractivity (Wildman–Crippen MR) is 111 cm³/mol. The Kier molecular flexibility index (Phi) is 5.56. The quantitative estimate of drug-likeness (QED) is 0.678. The number of carbonyl (C=O) groups excluding carboxylic acids is 1. The number of aromatic nitrogens is 4. The predicted octanol–water partition coefficient (Wildman–Crippen LogP) is 3.38. The highest BCUT2D eigenvalue weighted by Gasteiger charge is 2.21. The molecule has 1 unspecified atom stereocenters. The number of benzene rings is 1. The number of allylic oxidation sites excluding steroid dienone is 2. The van der Waals surface area contributed by atoms with Crippen molar-refractivity contribution < 1.29 is 14.3 Å². The molecule has 0 aliphatic carbocycles. The van der Waals surface area contributed by atoms with Crippen LogP contribution in [0.2, 0.25) is 0 Å². The van der Waals surface area contributed by atoms with Gasteiger partial charge in [0.05, 0.1) is 19.8 Å². The molecule has 1 aliphatic heterocycles. The molecule has 152 valence electrons. The normalized spacial score (nSPS) is 15.3. The average Bonchev–Trinajstić information content (AvgIpc) is 3.29. The molecule has 8 heteroatoms. The molecule has 1 aromatic carbocycles. The summed E-state index contributed by atoms with van der Waals surface area (Å²) in [4.78, 5) is 21.8. The van der Waals surface area contributed by atoms with Crippen molar-refractivity contribution >= 4 is 11.7 Å². The molecule has 0 fully saturated rings. The lowest BCUT2D eigenvalue weighted by Crippen LogP contribution is -2.18. The van der Waals surface area contributed by atoms with Crippen LogP contribution >= 0.6 is 0 Å². The summed E-state index contributed by atoms with van der Waals surface area (Å²) in [5.41, 5.74) is 1.80. The van der Waals surface area contributed by atoms with E-state index in [4.69, 9.17) is 9.47 Å². The Balaban J connectivity index is 1.60. The van der Waals surface area contributed by atoms with Gasteiger partial charge in [-0.3, -0.25) is 4.79 Å². The highest BCUT2D eigenvalue weighted by molar-refractivity contribution is 5.91. The molecule has 1 aliphatic rings. The molecular formula is C22H21N5O3. The van der Waals surface area contributed by atoms with Gasteiger partial charge in [-0.1, -0.05) is 18.2 Å². The van der Waals surface area contributed by atoms with Crippen LogP contribution in [0.15, 0.2) is 72.8 Å². The molecule has 2 aromatic heterocycles. The van der Waals surface area contributed by atoms with Gasteiger partial charge in [0, 0.05) is 18.5 Å². The van der Waals surface area contributed by atoms with E-state index in [1.165, 1.54) is 0 Å². The molecule has 1 atom stereocenters. The Labute approximate surface area is 173 Å². The molecule has 1 N–H and O–H groups in total. The summed E-state index contributed by atoms with van der Waals surface area (Å²) in [5, 5.41) is 7.09. The van der Waals surface area contributed by atoms with E-state index in [2.05, 4.69) is 20.4 Å². The number of ether oxygens (including phenoxy) is 2. The van der Waals surface area contributed by atoms with Gasteiger partial charge in [0.2, 0.25) is 5.91 Å². The van der Waals surface area contributed by atoms with Gasteiger partial charge in [0.25, 0.3) is 0 Å². The van der Waals surface area contributed by atoms with Crippen molar-refractivity contribution in [2.24, 2.45) is 0 Å². The van der Waals surface area contributed by atoms with Crippen LogP contribution in [-0.4, -0.2) is 32.8 Å². The zero-order valence-corrected chi connectivity index (χ0v) is 16.6. The maximum absolute atomic E-state index is 12.6. The fourth-order valence-electron chi connectivity index (χ4n) is 3.08. The lowest BCUT2D eigenvalue weighted by Gasteiger charge is -2.20. The fourth-order valence-corrected chi connectivity index (χ4v) is 3.08. The van der Waals surface area contributed by atoms with Crippen molar-refractivity contribution in [3.8, 4) is 11.6 Å². The van der Waals surface area contributed by atoms with Crippen LogP contribution in [0, 0.1) is 0 Å². The summed E-state index contributed by atoms with van der Waals surface area (Å²) in [6.07, 6.45) is 8.56. The third-order valence-corrected chi connectivity index (χ3v) is 4.54. The first-order chi connectivity index (χ1) is 14.6. The Hall–Kier alpha value is -3.94. The Morgan fingerprint density at radius 3 is 2.93 bits per heavy atom. The number of rotatable bonds is 6. The Bertz CT molecular complexity index is 1110. The van der Waals surface area contributed by atoms with Crippen LogP contribution < -0.4 is 10.1 Å². The number of hydrogen-bond donors (Lipinski definition) is 1. The van der Waals surface area contributed by atoms with Gasteiger partial charge in [-0.05, 0) is 42.3 Å². The molecule has 0 radical (unpaired) electrons. The van der Waals surface area contributed by atoms with E-state index in [0.717, 1.165) is 11.1 Å². The molecule has 0 bridgehead atoms. The van der Waals surface area contributed by atoms with Crippen LogP contribution in [0.1, 0.15) is 24.4 Å².